The number of aromatic nitrogens is 1. The molecule has 0 bridgehead atoms. The maximum Gasteiger partial charge on any atom is 0.129 e. The minimum atomic E-state index is -0.479. The average molecular weight is 270 g/mol. The summed E-state index contributed by atoms with van der Waals surface area (Å²) in [4.78, 5) is 6.60. The summed E-state index contributed by atoms with van der Waals surface area (Å²) in [5.41, 5.74) is 2.04. The van der Waals surface area contributed by atoms with Crippen LogP contribution in [0.3, 0.4) is 0 Å². The van der Waals surface area contributed by atoms with Gasteiger partial charge < -0.3 is 14.7 Å². The zero-order chi connectivity index (χ0) is 13.9. The molecule has 0 saturated carbocycles. The third-order valence-corrected chi connectivity index (χ3v) is 3.53. The molecule has 0 unspecified atom stereocenters. The van der Waals surface area contributed by atoms with Gasteiger partial charge in [-0.25, -0.2) is 4.98 Å². The van der Waals surface area contributed by atoms with E-state index in [9.17, 15) is 5.11 Å². The van der Waals surface area contributed by atoms with Crippen LogP contribution in [0.5, 0.6) is 5.75 Å². The Labute approximate surface area is 118 Å². The lowest BCUT2D eigenvalue weighted by Gasteiger charge is -2.21. The molecule has 1 atom stereocenters. The van der Waals surface area contributed by atoms with E-state index in [2.05, 4.69) is 16.0 Å². The van der Waals surface area contributed by atoms with Gasteiger partial charge in [-0.1, -0.05) is 18.2 Å². The molecular weight excluding hydrogens is 252 g/mol. The van der Waals surface area contributed by atoms with Crippen molar-refractivity contribution in [3.63, 3.8) is 0 Å². The van der Waals surface area contributed by atoms with E-state index in [4.69, 9.17) is 4.74 Å². The van der Waals surface area contributed by atoms with E-state index in [1.165, 1.54) is 0 Å². The summed E-state index contributed by atoms with van der Waals surface area (Å²) in [6.07, 6.45) is 1.27. The number of nitrogens with zero attached hydrogens (tertiary/aromatic N) is 2. The van der Waals surface area contributed by atoms with Crippen molar-refractivity contribution >= 4 is 5.82 Å². The minimum Gasteiger partial charge on any atom is -0.491 e. The van der Waals surface area contributed by atoms with Crippen molar-refractivity contribution in [2.45, 2.75) is 19.6 Å². The molecule has 20 heavy (non-hydrogen) atoms. The second-order valence-electron chi connectivity index (χ2n) is 5.00. The number of hydrogen-bond acceptors (Lipinski definition) is 4. The smallest absolute Gasteiger partial charge is 0.129 e. The monoisotopic (exact) mass is 270 g/mol. The average Bonchev–Trinajstić information content (AvgIpc) is 2.69. The van der Waals surface area contributed by atoms with E-state index in [1.54, 1.807) is 13.1 Å². The van der Waals surface area contributed by atoms with Crippen molar-refractivity contribution in [2.75, 3.05) is 18.1 Å². The van der Waals surface area contributed by atoms with Crippen LogP contribution >= 0.6 is 0 Å². The predicted octanol–water partition coefficient (Wildman–Crippen LogP) is 2.53. The zero-order valence-electron chi connectivity index (χ0n) is 11.5. The predicted molar refractivity (Wildman–Crippen MR) is 77.9 cm³/mol. The fourth-order valence-electron chi connectivity index (χ4n) is 2.39. The van der Waals surface area contributed by atoms with Crippen LogP contribution in [0.2, 0.25) is 0 Å². The number of para-hydroxylation sites is 1. The summed E-state index contributed by atoms with van der Waals surface area (Å²) in [6, 6.07) is 11.9. The molecule has 2 heterocycles. The van der Waals surface area contributed by atoms with Gasteiger partial charge in [0.15, 0.2) is 0 Å². The Hall–Kier alpha value is -2.07. The van der Waals surface area contributed by atoms with Gasteiger partial charge in [-0.3, -0.25) is 0 Å². The van der Waals surface area contributed by atoms with Gasteiger partial charge in [-0.15, -0.1) is 0 Å². The van der Waals surface area contributed by atoms with E-state index in [-0.39, 0.29) is 0 Å². The first kappa shape index (κ1) is 12.9. The third kappa shape index (κ3) is 2.60. The highest BCUT2D eigenvalue weighted by Gasteiger charge is 2.16. The second-order valence-corrected chi connectivity index (χ2v) is 5.00. The largest absolute Gasteiger partial charge is 0.491 e. The number of benzene rings is 1. The Morgan fingerprint density at radius 3 is 3.00 bits per heavy atom. The molecule has 0 spiro atoms. The van der Waals surface area contributed by atoms with Crippen LogP contribution in [0.25, 0.3) is 0 Å². The molecule has 1 aliphatic rings. The van der Waals surface area contributed by atoms with Crippen LogP contribution in [0.15, 0.2) is 42.6 Å². The molecule has 1 aromatic carbocycles. The standard InChI is InChI=1S/C16H18N2O2/c1-12(19)13-6-7-17-16(10-13)18-8-9-20-15-5-3-2-4-14(15)11-18/h2-7,10,12,19H,8-9,11H2,1H3/t12-/m0/s1. The molecule has 104 valence electrons. The molecule has 4 heteroatoms. The number of fused-ring (bicyclic) bond motifs is 1. The van der Waals surface area contributed by atoms with Crippen LogP contribution < -0.4 is 9.64 Å². The highest BCUT2D eigenvalue weighted by molar-refractivity contribution is 5.45. The van der Waals surface area contributed by atoms with E-state index < -0.39 is 6.10 Å². The Bertz CT molecular complexity index is 599. The Balaban J connectivity index is 1.89. The SMILES string of the molecule is C[C@H](O)c1ccnc(N2CCOc3ccccc3C2)c1. The van der Waals surface area contributed by atoms with E-state index in [0.29, 0.717) is 6.61 Å². The lowest BCUT2D eigenvalue weighted by atomic mass is 10.1. The van der Waals surface area contributed by atoms with Crippen LogP contribution in [0.1, 0.15) is 24.2 Å². The van der Waals surface area contributed by atoms with Crippen molar-refractivity contribution < 1.29 is 9.84 Å². The first-order valence-corrected chi connectivity index (χ1v) is 6.84. The molecule has 1 N–H and O–H groups in total. The van der Waals surface area contributed by atoms with Crippen molar-refractivity contribution in [3.8, 4) is 5.75 Å². The molecular formula is C16H18N2O2. The topological polar surface area (TPSA) is 45.6 Å². The summed E-state index contributed by atoms with van der Waals surface area (Å²) >= 11 is 0. The maximum atomic E-state index is 9.69. The molecule has 0 radical (unpaired) electrons. The number of aliphatic hydroxyl groups is 1. The molecule has 0 aliphatic carbocycles. The molecule has 2 aromatic rings. The molecule has 4 nitrogen and oxygen atoms in total. The summed E-state index contributed by atoms with van der Waals surface area (Å²) in [6.45, 7) is 3.95. The number of ether oxygens (including phenoxy) is 1. The lowest BCUT2D eigenvalue weighted by Crippen LogP contribution is -2.26. The van der Waals surface area contributed by atoms with Crippen molar-refractivity contribution in [2.24, 2.45) is 0 Å². The molecule has 1 aromatic heterocycles. The van der Waals surface area contributed by atoms with Crippen molar-refractivity contribution in [3.05, 3.63) is 53.7 Å². The Kier molecular flexibility index (Phi) is 3.56. The third-order valence-electron chi connectivity index (χ3n) is 3.53. The normalized spacial score (nSPS) is 16.0. The van der Waals surface area contributed by atoms with Gasteiger partial charge in [0.05, 0.1) is 12.6 Å². The van der Waals surface area contributed by atoms with E-state index in [1.807, 2.05) is 30.3 Å². The van der Waals surface area contributed by atoms with Gasteiger partial charge in [0.2, 0.25) is 0 Å². The summed E-state index contributed by atoms with van der Waals surface area (Å²) < 4.78 is 5.76. The Morgan fingerprint density at radius 2 is 2.15 bits per heavy atom. The number of pyridine rings is 1. The summed E-state index contributed by atoms with van der Waals surface area (Å²) in [5, 5.41) is 9.69. The van der Waals surface area contributed by atoms with Crippen molar-refractivity contribution in [1.82, 2.24) is 4.98 Å². The molecule has 1 aliphatic heterocycles. The van der Waals surface area contributed by atoms with Crippen LogP contribution in [-0.4, -0.2) is 23.2 Å². The zero-order valence-corrected chi connectivity index (χ0v) is 11.5. The highest BCUT2D eigenvalue weighted by atomic mass is 16.5. The quantitative estimate of drug-likeness (QED) is 0.911. The number of rotatable bonds is 2. The molecule has 3 rings (SSSR count). The molecule has 0 amide bonds. The molecule has 0 saturated heterocycles. The van der Waals surface area contributed by atoms with Gasteiger partial charge in [0, 0.05) is 18.3 Å². The van der Waals surface area contributed by atoms with Gasteiger partial charge in [-0.05, 0) is 30.7 Å². The van der Waals surface area contributed by atoms with Crippen molar-refractivity contribution in [1.29, 1.82) is 0 Å². The fraction of sp³-hybridized carbons (Fsp3) is 0.312. The van der Waals surface area contributed by atoms with Crippen LogP contribution in [-0.2, 0) is 6.54 Å². The van der Waals surface area contributed by atoms with E-state index >= 15 is 0 Å². The first-order chi connectivity index (χ1) is 9.74. The van der Waals surface area contributed by atoms with Crippen LogP contribution in [0.4, 0.5) is 5.82 Å². The summed E-state index contributed by atoms with van der Waals surface area (Å²) in [5.74, 6) is 1.82. The van der Waals surface area contributed by atoms with Gasteiger partial charge in [0.25, 0.3) is 0 Å². The van der Waals surface area contributed by atoms with E-state index in [0.717, 1.165) is 35.8 Å². The number of aliphatic hydroxyl groups excluding tert-OH is 1. The fourth-order valence-corrected chi connectivity index (χ4v) is 2.39. The van der Waals surface area contributed by atoms with Crippen LogP contribution in [0, 0.1) is 0 Å². The number of anilines is 1. The van der Waals surface area contributed by atoms with Gasteiger partial charge in [0.1, 0.15) is 18.2 Å². The minimum absolute atomic E-state index is 0.479. The molecule has 0 fully saturated rings. The Morgan fingerprint density at radius 1 is 1.30 bits per heavy atom. The first-order valence-electron chi connectivity index (χ1n) is 6.84. The highest BCUT2D eigenvalue weighted by Crippen LogP contribution is 2.26. The number of hydrogen-bond donors (Lipinski definition) is 1. The summed E-state index contributed by atoms with van der Waals surface area (Å²) in [7, 11) is 0. The maximum absolute atomic E-state index is 9.69. The van der Waals surface area contributed by atoms with Gasteiger partial charge in [-0.2, -0.15) is 0 Å². The second kappa shape index (κ2) is 5.51. The van der Waals surface area contributed by atoms with Gasteiger partial charge >= 0.3 is 0 Å². The lowest BCUT2D eigenvalue weighted by molar-refractivity contribution is 0.199.